The Morgan fingerprint density at radius 3 is 2.50 bits per heavy atom. The number of phenolic OH excluding ortho intramolecular Hbond substituents is 1. The molecule has 3 aromatic rings. The van der Waals surface area contributed by atoms with Gasteiger partial charge in [0.2, 0.25) is 11.8 Å². The number of phenols is 1. The fraction of sp³-hybridized carbons (Fsp3) is 0.393. The number of nitrogens with zero attached hydrogens (tertiary/aromatic N) is 5. The number of aromatic nitrogens is 1. The van der Waals surface area contributed by atoms with Crippen LogP contribution in [0.2, 0.25) is 0 Å². The molecule has 2 fully saturated rings. The van der Waals surface area contributed by atoms with Crippen molar-refractivity contribution in [2.75, 3.05) is 69.3 Å². The summed E-state index contributed by atoms with van der Waals surface area (Å²) in [4.78, 5) is 37.8. The molecular formula is C28H33N5O5. The van der Waals surface area contributed by atoms with E-state index >= 15 is 0 Å². The molecule has 38 heavy (non-hydrogen) atoms. The smallest absolute Gasteiger partial charge is 0.242 e. The first-order valence-electron chi connectivity index (χ1n) is 12.9. The average molecular weight is 520 g/mol. The number of para-hydroxylation sites is 2. The van der Waals surface area contributed by atoms with E-state index in [0.717, 1.165) is 16.9 Å². The summed E-state index contributed by atoms with van der Waals surface area (Å²) in [5, 5.41) is 10.1. The van der Waals surface area contributed by atoms with Crippen molar-refractivity contribution in [3.8, 4) is 22.8 Å². The number of carbonyl (C=O) groups is 2. The lowest BCUT2D eigenvalue weighted by atomic mass is 10.1. The van der Waals surface area contributed by atoms with Crippen molar-refractivity contribution < 1.29 is 23.8 Å². The number of methoxy groups -OCH3 is 1. The van der Waals surface area contributed by atoms with Gasteiger partial charge in [0.05, 0.1) is 31.1 Å². The summed E-state index contributed by atoms with van der Waals surface area (Å²) < 4.78 is 11.3. The van der Waals surface area contributed by atoms with E-state index in [0.29, 0.717) is 69.6 Å². The van der Waals surface area contributed by atoms with Crippen LogP contribution >= 0.6 is 0 Å². The molecule has 0 unspecified atom stereocenters. The highest BCUT2D eigenvalue weighted by Crippen LogP contribution is 2.34. The number of ether oxygens (including phenoxy) is 1. The summed E-state index contributed by atoms with van der Waals surface area (Å²) >= 11 is 0. The monoisotopic (exact) mass is 519 g/mol. The van der Waals surface area contributed by atoms with Gasteiger partial charge in [0.15, 0.2) is 11.7 Å². The van der Waals surface area contributed by atoms with Crippen LogP contribution in [0.4, 0.5) is 11.4 Å². The number of piperazine rings is 1. The van der Waals surface area contributed by atoms with Crippen LogP contribution in [0.25, 0.3) is 11.3 Å². The van der Waals surface area contributed by atoms with Crippen molar-refractivity contribution in [1.29, 1.82) is 0 Å². The molecule has 2 aliphatic heterocycles. The quantitative estimate of drug-likeness (QED) is 0.531. The Morgan fingerprint density at radius 2 is 1.79 bits per heavy atom. The van der Waals surface area contributed by atoms with E-state index < -0.39 is 0 Å². The molecule has 10 nitrogen and oxygen atoms in total. The maximum Gasteiger partial charge on any atom is 0.242 e. The van der Waals surface area contributed by atoms with Gasteiger partial charge < -0.3 is 33.9 Å². The molecule has 0 aliphatic carbocycles. The summed E-state index contributed by atoms with van der Waals surface area (Å²) in [5.74, 6) is 2.08. The van der Waals surface area contributed by atoms with Crippen LogP contribution in [0.5, 0.6) is 11.5 Å². The van der Waals surface area contributed by atoms with Gasteiger partial charge in [-0.25, -0.2) is 4.98 Å². The highest BCUT2D eigenvalue weighted by atomic mass is 16.5. The van der Waals surface area contributed by atoms with Crippen molar-refractivity contribution >= 4 is 23.2 Å². The van der Waals surface area contributed by atoms with E-state index in [1.165, 1.54) is 0 Å². The Morgan fingerprint density at radius 1 is 1.03 bits per heavy atom. The SMILES string of the molecule is COc1cc(N2CCC(=O)N(CC(=O)N3CCN(c4ccccc4O)CC3)CC2)ccc1-c1cnc(C)o1. The summed E-state index contributed by atoms with van der Waals surface area (Å²) in [6.07, 6.45) is 2.01. The minimum absolute atomic E-state index is 0.0191. The van der Waals surface area contributed by atoms with Crippen LogP contribution in [0, 0.1) is 6.92 Å². The largest absolute Gasteiger partial charge is 0.506 e. The molecule has 2 aliphatic rings. The Hall–Kier alpha value is -4.21. The molecule has 0 radical (unpaired) electrons. The fourth-order valence-electron chi connectivity index (χ4n) is 5.05. The number of amides is 2. The van der Waals surface area contributed by atoms with E-state index in [1.807, 2.05) is 30.3 Å². The summed E-state index contributed by atoms with van der Waals surface area (Å²) in [6.45, 7) is 5.90. The lowest BCUT2D eigenvalue weighted by molar-refractivity contribution is -0.140. The summed E-state index contributed by atoms with van der Waals surface area (Å²) in [5.41, 5.74) is 2.55. The number of rotatable bonds is 6. The zero-order valence-corrected chi connectivity index (χ0v) is 21.8. The van der Waals surface area contributed by atoms with Crippen LogP contribution in [-0.2, 0) is 9.59 Å². The van der Waals surface area contributed by atoms with Crippen molar-refractivity contribution in [1.82, 2.24) is 14.8 Å². The van der Waals surface area contributed by atoms with Crippen LogP contribution < -0.4 is 14.5 Å². The van der Waals surface area contributed by atoms with Crippen molar-refractivity contribution in [2.24, 2.45) is 0 Å². The molecule has 3 heterocycles. The van der Waals surface area contributed by atoms with Crippen LogP contribution in [0.1, 0.15) is 12.3 Å². The van der Waals surface area contributed by atoms with Gasteiger partial charge in [-0.3, -0.25) is 9.59 Å². The molecule has 2 amide bonds. The van der Waals surface area contributed by atoms with Gasteiger partial charge in [0, 0.05) is 70.9 Å². The van der Waals surface area contributed by atoms with E-state index in [9.17, 15) is 14.7 Å². The number of aryl methyl sites for hydroxylation is 1. The highest BCUT2D eigenvalue weighted by molar-refractivity contribution is 5.85. The Bertz CT molecular complexity index is 1300. The maximum atomic E-state index is 13.1. The second-order valence-corrected chi connectivity index (χ2v) is 9.54. The molecule has 2 aromatic carbocycles. The molecule has 0 saturated carbocycles. The molecule has 2 saturated heterocycles. The Balaban J connectivity index is 1.18. The number of carbonyl (C=O) groups excluding carboxylic acids is 2. The maximum absolute atomic E-state index is 13.1. The molecular weight excluding hydrogens is 486 g/mol. The van der Waals surface area contributed by atoms with E-state index in [-0.39, 0.29) is 24.1 Å². The second-order valence-electron chi connectivity index (χ2n) is 9.54. The molecule has 200 valence electrons. The van der Waals surface area contributed by atoms with Gasteiger partial charge in [0.1, 0.15) is 11.5 Å². The number of hydrogen-bond acceptors (Lipinski definition) is 8. The normalized spacial score (nSPS) is 16.5. The van der Waals surface area contributed by atoms with Gasteiger partial charge in [-0.1, -0.05) is 12.1 Å². The molecule has 5 rings (SSSR count). The van der Waals surface area contributed by atoms with E-state index in [1.54, 1.807) is 42.2 Å². The number of anilines is 2. The zero-order chi connectivity index (χ0) is 26.6. The van der Waals surface area contributed by atoms with Crippen LogP contribution in [0.3, 0.4) is 0 Å². The molecule has 1 aromatic heterocycles. The first-order valence-corrected chi connectivity index (χ1v) is 12.9. The molecule has 0 bridgehead atoms. The Labute approximate surface area is 222 Å². The lowest BCUT2D eigenvalue weighted by Gasteiger charge is -2.37. The van der Waals surface area contributed by atoms with Crippen molar-refractivity contribution in [3.63, 3.8) is 0 Å². The first kappa shape index (κ1) is 25.4. The van der Waals surface area contributed by atoms with Gasteiger partial charge in [-0.2, -0.15) is 0 Å². The third-order valence-corrected chi connectivity index (χ3v) is 7.21. The van der Waals surface area contributed by atoms with Crippen molar-refractivity contribution in [3.05, 3.63) is 54.6 Å². The number of hydrogen-bond donors (Lipinski definition) is 1. The highest BCUT2D eigenvalue weighted by Gasteiger charge is 2.28. The minimum Gasteiger partial charge on any atom is -0.506 e. The second kappa shape index (κ2) is 11.0. The predicted octanol–water partition coefficient (Wildman–Crippen LogP) is 2.75. The molecule has 10 heteroatoms. The third kappa shape index (κ3) is 5.39. The minimum atomic E-state index is -0.0443. The Kier molecular flexibility index (Phi) is 7.39. The van der Waals surface area contributed by atoms with Crippen LogP contribution in [-0.4, -0.2) is 91.2 Å². The third-order valence-electron chi connectivity index (χ3n) is 7.21. The summed E-state index contributed by atoms with van der Waals surface area (Å²) in [7, 11) is 1.62. The van der Waals surface area contributed by atoms with Gasteiger partial charge in [-0.05, 0) is 24.3 Å². The van der Waals surface area contributed by atoms with Gasteiger partial charge in [-0.15, -0.1) is 0 Å². The first-order chi connectivity index (χ1) is 18.4. The standard InChI is InChI=1S/C28H33N5O5/c1-20-29-18-26(38-20)22-8-7-21(17-25(22)37-2)30-10-9-27(35)33(16-11-30)19-28(36)32-14-12-31(13-15-32)23-5-3-4-6-24(23)34/h3-8,17-18,34H,9-16,19H2,1-2H3. The van der Waals surface area contributed by atoms with Gasteiger partial charge in [0.25, 0.3) is 0 Å². The van der Waals surface area contributed by atoms with Crippen LogP contribution in [0.15, 0.2) is 53.1 Å². The number of oxazole rings is 1. The topological polar surface area (TPSA) is 103 Å². The molecule has 1 N–H and O–H groups in total. The lowest BCUT2D eigenvalue weighted by Crippen LogP contribution is -2.52. The zero-order valence-electron chi connectivity index (χ0n) is 21.8. The van der Waals surface area contributed by atoms with Gasteiger partial charge >= 0.3 is 0 Å². The molecule has 0 spiro atoms. The summed E-state index contributed by atoms with van der Waals surface area (Å²) in [6, 6.07) is 13.1. The van der Waals surface area contributed by atoms with Crippen molar-refractivity contribution in [2.45, 2.75) is 13.3 Å². The predicted molar refractivity (Wildman–Crippen MR) is 144 cm³/mol. The molecule has 0 atom stereocenters. The van der Waals surface area contributed by atoms with E-state index in [4.69, 9.17) is 9.15 Å². The van der Waals surface area contributed by atoms with E-state index in [2.05, 4.69) is 14.8 Å². The fourth-order valence-corrected chi connectivity index (χ4v) is 5.05. The number of aromatic hydroxyl groups is 1. The number of benzene rings is 2. The average Bonchev–Trinajstić information content (AvgIpc) is 3.29.